The molecule has 2 N–H and O–H groups in total. The van der Waals surface area contributed by atoms with Gasteiger partial charge in [0, 0.05) is 24.4 Å². The summed E-state index contributed by atoms with van der Waals surface area (Å²) in [5, 5.41) is 0. The summed E-state index contributed by atoms with van der Waals surface area (Å²) in [7, 11) is 1.44. The number of hydrogen-bond donors (Lipinski definition) is 1. The van der Waals surface area contributed by atoms with Crippen LogP contribution in [-0.4, -0.2) is 18.6 Å². The molecule has 0 fully saturated rings. The van der Waals surface area contributed by atoms with E-state index in [0.29, 0.717) is 12.2 Å². The fraction of sp³-hybridized carbons (Fsp3) is 0.312. The van der Waals surface area contributed by atoms with E-state index in [1.165, 1.54) is 13.2 Å². The zero-order chi connectivity index (χ0) is 15.4. The number of pyridine rings is 1. The van der Waals surface area contributed by atoms with E-state index < -0.39 is 5.82 Å². The molecule has 0 spiro atoms. The van der Waals surface area contributed by atoms with Gasteiger partial charge in [-0.1, -0.05) is 6.07 Å². The lowest BCUT2D eigenvalue weighted by molar-refractivity contribution is 0.386. The maximum atomic E-state index is 13.6. The number of halogens is 1. The van der Waals surface area contributed by atoms with Crippen molar-refractivity contribution in [2.45, 2.75) is 20.4 Å². The Morgan fingerprint density at radius 1 is 1.33 bits per heavy atom. The monoisotopic (exact) mass is 289 g/mol. The highest BCUT2D eigenvalue weighted by atomic mass is 19.1. The lowest BCUT2D eigenvalue weighted by Crippen LogP contribution is -2.24. The predicted molar refractivity (Wildman–Crippen MR) is 83.1 cm³/mol. The van der Waals surface area contributed by atoms with E-state index >= 15 is 0 Å². The van der Waals surface area contributed by atoms with E-state index in [0.717, 1.165) is 23.6 Å². The molecule has 0 saturated heterocycles. The van der Waals surface area contributed by atoms with E-state index in [9.17, 15) is 4.39 Å². The second-order valence-corrected chi connectivity index (χ2v) is 4.83. The summed E-state index contributed by atoms with van der Waals surface area (Å²) < 4.78 is 18.7. The van der Waals surface area contributed by atoms with Crippen LogP contribution in [0.25, 0.3) is 0 Å². The molecule has 5 heteroatoms. The first-order chi connectivity index (χ1) is 10.0. The topological polar surface area (TPSA) is 51.4 Å². The smallest absolute Gasteiger partial charge is 0.167 e. The number of anilines is 2. The molecule has 21 heavy (non-hydrogen) atoms. The van der Waals surface area contributed by atoms with Crippen molar-refractivity contribution in [1.82, 2.24) is 4.98 Å². The highest BCUT2D eigenvalue weighted by Gasteiger charge is 2.14. The van der Waals surface area contributed by atoms with Crippen molar-refractivity contribution in [3.63, 3.8) is 0 Å². The predicted octanol–water partition coefficient (Wildman–Crippen LogP) is 3.15. The van der Waals surface area contributed by atoms with Crippen molar-refractivity contribution in [2.75, 3.05) is 24.3 Å². The maximum absolute atomic E-state index is 13.6. The first kappa shape index (κ1) is 15.1. The largest absolute Gasteiger partial charge is 0.494 e. The van der Waals surface area contributed by atoms with Gasteiger partial charge in [-0.25, -0.2) is 4.39 Å². The third kappa shape index (κ3) is 3.42. The van der Waals surface area contributed by atoms with Crippen molar-refractivity contribution in [1.29, 1.82) is 0 Å². The molecule has 0 saturated carbocycles. The number of aryl methyl sites for hydroxylation is 1. The standard InChI is InChI=1S/C16H20FN3O/c1-4-20(10-12-7-5-6-11(2)19-12)15-9-16(21-3)13(17)8-14(15)18/h5-9H,4,10,18H2,1-3H3. The Hall–Kier alpha value is -2.30. The lowest BCUT2D eigenvalue weighted by Gasteiger charge is -2.25. The normalized spacial score (nSPS) is 10.5. The fourth-order valence-electron chi connectivity index (χ4n) is 2.24. The molecular weight excluding hydrogens is 269 g/mol. The molecule has 2 aromatic rings. The average Bonchev–Trinajstić information content (AvgIpc) is 2.45. The van der Waals surface area contributed by atoms with Gasteiger partial charge >= 0.3 is 0 Å². The summed E-state index contributed by atoms with van der Waals surface area (Å²) in [6.45, 7) is 5.31. The quantitative estimate of drug-likeness (QED) is 0.859. The van der Waals surface area contributed by atoms with Crippen molar-refractivity contribution >= 4 is 11.4 Å². The van der Waals surface area contributed by atoms with Crippen LogP contribution in [0.15, 0.2) is 30.3 Å². The second kappa shape index (κ2) is 6.43. The van der Waals surface area contributed by atoms with Gasteiger partial charge in [0.2, 0.25) is 0 Å². The van der Waals surface area contributed by atoms with Gasteiger partial charge in [0.15, 0.2) is 11.6 Å². The first-order valence-corrected chi connectivity index (χ1v) is 6.85. The van der Waals surface area contributed by atoms with Gasteiger partial charge in [-0.2, -0.15) is 0 Å². The zero-order valence-electron chi connectivity index (χ0n) is 12.6. The molecule has 2 rings (SSSR count). The van der Waals surface area contributed by atoms with Gasteiger partial charge in [-0.3, -0.25) is 4.98 Å². The number of nitrogens with zero attached hydrogens (tertiary/aromatic N) is 2. The van der Waals surface area contributed by atoms with Gasteiger partial charge < -0.3 is 15.4 Å². The van der Waals surface area contributed by atoms with Gasteiger partial charge in [-0.15, -0.1) is 0 Å². The number of rotatable bonds is 5. The van der Waals surface area contributed by atoms with Crippen LogP contribution >= 0.6 is 0 Å². The van der Waals surface area contributed by atoms with Crippen LogP contribution in [0.3, 0.4) is 0 Å². The van der Waals surface area contributed by atoms with Gasteiger partial charge in [0.05, 0.1) is 30.7 Å². The molecule has 112 valence electrons. The van der Waals surface area contributed by atoms with Crippen molar-refractivity contribution < 1.29 is 9.13 Å². The van der Waals surface area contributed by atoms with Crippen LogP contribution in [0.4, 0.5) is 15.8 Å². The molecule has 0 aliphatic rings. The average molecular weight is 289 g/mol. The molecule has 0 atom stereocenters. The van der Waals surface area contributed by atoms with Crippen LogP contribution in [0.5, 0.6) is 5.75 Å². The summed E-state index contributed by atoms with van der Waals surface area (Å²) in [6.07, 6.45) is 0. The number of hydrogen-bond acceptors (Lipinski definition) is 4. The SMILES string of the molecule is CCN(Cc1cccc(C)n1)c1cc(OC)c(F)cc1N. The minimum absolute atomic E-state index is 0.190. The third-order valence-corrected chi connectivity index (χ3v) is 3.32. The van der Waals surface area contributed by atoms with Crippen molar-refractivity contribution in [3.05, 3.63) is 47.5 Å². The van der Waals surface area contributed by atoms with E-state index in [2.05, 4.69) is 4.98 Å². The van der Waals surface area contributed by atoms with E-state index in [1.54, 1.807) is 6.07 Å². The van der Waals surface area contributed by atoms with Crippen LogP contribution in [-0.2, 0) is 6.54 Å². The molecule has 1 heterocycles. The van der Waals surface area contributed by atoms with Crippen molar-refractivity contribution in [2.24, 2.45) is 0 Å². The highest BCUT2D eigenvalue weighted by Crippen LogP contribution is 2.31. The number of benzene rings is 1. The zero-order valence-corrected chi connectivity index (χ0v) is 12.6. The minimum atomic E-state index is -0.455. The van der Waals surface area contributed by atoms with Crippen molar-refractivity contribution in [3.8, 4) is 5.75 Å². The molecule has 0 bridgehead atoms. The van der Waals surface area contributed by atoms with Crippen LogP contribution in [0, 0.1) is 12.7 Å². The molecule has 1 aromatic heterocycles. The number of methoxy groups -OCH3 is 1. The maximum Gasteiger partial charge on any atom is 0.167 e. The lowest BCUT2D eigenvalue weighted by atomic mass is 10.2. The summed E-state index contributed by atoms with van der Waals surface area (Å²) in [5.74, 6) is -0.265. The number of aromatic nitrogens is 1. The Labute approximate surface area is 124 Å². The Bertz CT molecular complexity index is 631. The molecule has 4 nitrogen and oxygen atoms in total. The molecule has 0 amide bonds. The number of ether oxygens (including phenoxy) is 1. The minimum Gasteiger partial charge on any atom is -0.494 e. The first-order valence-electron chi connectivity index (χ1n) is 6.85. The van der Waals surface area contributed by atoms with E-state index in [4.69, 9.17) is 10.5 Å². The molecular formula is C16H20FN3O. The van der Waals surface area contributed by atoms with Crippen LogP contribution in [0.2, 0.25) is 0 Å². The van der Waals surface area contributed by atoms with E-state index in [1.807, 2.05) is 36.9 Å². The molecule has 1 aromatic carbocycles. The van der Waals surface area contributed by atoms with Gasteiger partial charge in [-0.05, 0) is 26.0 Å². The number of nitrogens with two attached hydrogens (primary N) is 1. The summed E-state index contributed by atoms with van der Waals surface area (Å²) >= 11 is 0. The number of nitrogen functional groups attached to an aromatic ring is 1. The highest BCUT2D eigenvalue weighted by molar-refractivity contribution is 5.70. The molecule has 0 radical (unpaired) electrons. The Morgan fingerprint density at radius 3 is 2.71 bits per heavy atom. The summed E-state index contributed by atoms with van der Waals surface area (Å²) in [4.78, 5) is 6.53. The Balaban J connectivity index is 2.33. The molecule has 0 aliphatic heterocycles. The fourth-order valence-corrected chi connectivity index (χ4v) is 2.24. The second-order valence-electron chi connectivity index (χ2n) is 4.83. The van der Waals surface area contributed by atoms with Crippen LogP contribution in [0.1, 0.15) is 18.3 Å². The summed E-state index contributed by atoms with van der Waals surface area (Å²) in [5.41, 5.74) is 9.00. The van der Waals surface area contributed by atoms with Crippen LogP contribution < -0.4 is 15.4 Å². The van der Waals surface area contributed by atoms with Gasteiger partial charge in [0.1, 0.15) is 0 Å². The Morgan fingerprint density at radius 2 is 2.10 bits per heavy atom. The Kier molecular flexibility index (Phi) is 4.62. The third-order valence-electron chi connectivity index (χ3n) is 3.32. The summed E-state index contributed by atoms with van der Waals surface area (Å²) in [6, 6.07) is 8.81. The van der Waals surface area contributed by atoms with Gasteiger partial charge in [0.25, 0.3) is 0 Å². The molecule has 0 aliphatic carbocycles. The molecule has 0 unspecified atom stereocenters. The van der Waals surface area contributed by atoms with E-state index in [-0.39, 0.29) is 5.75 Å².